The summed E-state index contributed by atoms with van der Waals surface area (Å²) in [5, 5.41) is 23.1. The van der Waals surface area contributed by atoms with E-state index in [2.05, 4.69) is 92.1 Å². The Morgan fingerprint density at radius 1 is 0.481 bits per heavy atom. The number of rotatable bonds is 39. The number of hydrogen-bond donors (Lipinski definition) is 3. The van der Waals surface area contributed by atoms with Gasteiger partial charge in [0.05, 0.1) is 18.8 Å². The normalized spacial score (nSPS) is 13.7. The number of unbranched alkanes of at least 4 members (excludes halogenated alkanes) is 20. The molecule has 0 aromatic carbocycles. The van der Waals surface area contributed by atoms with E-state index in [1.807, 2.05) is 0 Å². The molecule has 3 N–H and O–H groups in total. The summed E-state index contributed by atoms with van der Waals surface area (Å²) in [5.74, 6) is -0.0436. The van der Waals surface area contributed by atoms with Crippen molar-refractivity contribution in [1.29, 1.82) is 0 Å². The van der Waals surface area contributed by atoms with E-state index < -0.39 is 12.1 Å². The number of amides is 1. The summed E-state index contributed by atoms with van der Waals surface area (Å²) in [4.78, 5) is 12.4. The van der Waals surface area contributed by atoms with Gasteiger partial charge in [-0.25, -0.2) is 0 Å². The van der Waals surface area contributed by atoms with E-state index >= 15 is 0 Å². The van der Waals surface area contributed by atoms with Gasteiger partial charge < -0.3 is 15.5 Å². The van der Waals surface area contributed by atoms with Gasteiger partial charge in [0, 0.05) is 6.42 Å². The lowest BCUT2D eigenvalue weighted by molar-refractivity contribution is -0.123. The monoisotopic (exact) mass is 724 g/mol. The third kappa shape index (κ3) is 39.0. The van der Waals surface area contributed by atoms with Gasteiger partial charge in [0.15, 0.2) is 0 Å². The average molecular weight is 724 g/mol. The Labute approximate surface area is 323 Å². The minimum Gasteiger partial charge on any atom is -0.394 e. The van der Waals surface area contributed by atoms with Crippen molar-refractivity contribution in [3.05, 3.63) is 72.9 Å². The minimum absolute atomic E-state index is 0.0436. The van der Waals surface area contributed by atoms with Crippen LogP contribution in [0.3, 0.4) is 0 Å². The molecule has 0 aromatic heterocycles. The van der Waals surface area contributed by atoms with Crippen molar-refractivity contribution >= 4 is 5.91 Å². The van der Waals surface area contributed by atoms with Crippen LogP contribution in [0, 0.1) is 0 Å². The molecule has 0 fully saturated rings. The van der Waals surface area contributed by atoms with E-state index in [4.69, 9.17) is 0 Å². The van der Waals surface area contributed by atoms with Crippen LogP contribution >= 0.6 is 0 Å². The largest absolute Gasteiger partial charge is 0.394 e. The van der Waals surface area contributed by atoms with Crippen LogP contribution in [-0.2, 0) is 4.79 Å². The topological polar surface area (TPSA) is 69.6 Å². The van der Waals surface area contributed by atoms with Crippen LogP contribution in [0.4, 0.5) is 0 Å². The van der Waals surface area contributed by atoms with E-state index in [1.165, 1.54) is 116 Å². The molecule has 0 saturated heterocycles. The molecule has 0 bridgehead atoms. The van der Waals surface area contributed by atoms with E-state index in [-0.39, 0.29) is 12.5 Å². The summed E-state index contributed by atoms with van der Waals surface area (Å²) in [7, 11) is 0. The van der Waals surface area contributed by atoms with Gasteiger partial charge >= 0.3 is 0 Å². The highest BCUT2D eigenvalue weighted by molar-refractivity contribution is 5.76. The van der Waals surface area contributed by atoms with Crippen molar-refractivity contribution < 1.29 is 15.0 Å². The molecule has 0 saturated carbocycles. The second kappa shape index (κ2) is 43.2. The Balaban J connectivity index is 3.59. The highest BCUT2D eigenvalue weighted by Gasteiger charge is 2.19. The summed E-state index contributed by atoms with van der Waals surface area (Å²) in [6.45, 7) is 4.23. The van der Waals surface area contributed by atoms with Crippen molar-refractivity contribution in [1.82, 2.24) is 5.32 Å². The molecule has 0 heterocycles. The lowest BCUT2D eigenvalue weighted by atomic mass is 10.0. The first-order chi connectivity index (χ1) is 25.7. The zero-order valence-electron chi connectivity index (χ0n) is 34.3. The third-order valence-electron chi connectivity index (χ3n) is 9.73. The molecule has 52 heavy (non-hydrogen) atoms. The number of aliphatic hydroxyl groups excluding tert-OH is 2. The molecule has 0 aliphatic carbocycles. The summed E-state index contributed by atoms with van der Waals surface area (Å²) < 4.78 is 0. The van der Waals surface area contributed by atoms with Gasteiger partial charge in [0.25, 0.3) is 0 Å². The molecule has 0 aromatic rings. The average Bonchev–Trinajstić information content (AvgIpc) is 3.15. The molecule has 2 unspecified atom stereocenters. The SMILES string of the molecule is CC/C=C\C/C=C\C/C=C\C/C=C\C/C=C\C/C=C\CCCCCCCCCCC(=O)NC(CO)C(O)CCCCCCCCCCCCCCC. The highest BCUT2D eigenvalue weighted by Crippen LogP contribution is 2.15. The van der Waals surface area contributed by atoms with Crippen molar-refractivity contribution in [3.63, 3.8) is 0 Å². The number of allylic oxidation sites excluding steroid dienone is 12. The van der Waals surface area contributed by atoms with Gasteiger partial charge in [-0.1, -0.05) is 209 Å². The Morgan fingerprint density at radius 3 is 1.27 bits per heavy atom. The highest BCUT2D eigenvalue weighted by atomic mass is 16.3. The van der Waals surface area contributed by atoms with Crippen molar-refractivity contribution in [2.24, 2.45) is 0 Å². The van der Waals surface area contributed by atoms with Gasteiger partial charge in [-0.2, -0.15) is 0 Å². The van der Waals surface area contributed by atoms with Crippen LogP contribution in [0.1, 0.15) is 206 Å². The summed E-state index contributed by atoms with van der Waals surface area (Å²) in [6, 6.07) is -0.544. The van der Waals surface area contributed by atoms with Gasteiger partial charge in [-0.3, -0.25) is 4.79 Å². The fourth-order valence-electron chi connectivity index (χ4n) is 6.36. The van der Waals surface area contributed by atoms with E-state index in [0.29, 0.717) is 12.8 Å². The maximum atomic E-state index is 12.4. The van der Waals surface area contributed by atoms with E-state index in [9.17, 15) is 15.0 Å². The van der Waals surface area contributed by atoms with Gasteiger partial charge in [-0.05, 0) is 64.2 Å². The summed E-state index contributed by atoms with van der Waals surface area (Å²) in [5.41, 5.74) is 0. The standard InChI is InChI=1S/C48H85NO3/c1-3-5-7-9-11-13-15-17-18-19-20-21-22-23-24-25-26-27-28-29-30-32-34-36-38-40-42-44-48(52)49-46(45-50)47(51)43-41-39-37-35-33-31-16-14-12-10-8-6-4-2/h5,7,11,13,17-18,20-21,23-24,26-27,46-47,50-51H,3-4,6,8-10,12,14-16,19,22,25,28-45H2,1-2H3,(H,49,52)/b7-5-,13-11-,18-17-,21-20-,24-23-,27-26-. The Hall–Kier alpha value is -2.17. The third-order valence-corrected chi connectivity index (χ3v) is 9.73. The zero-order valence-corrected chi connectivity index (χ0v) is 34.3. The first-order valence-corrected chi connectivity index (χ1v) is 22.1. The Morgan fingerprint density at radius 2 is 0.846 bits per heavy atom. The van der Waals surface area contributed by atoms with Crippen LogP contribution in [0.5, 0.6) is 0 Å². The molecule has 0 rings (SSSR count). The second-order valence-corrected chi connectivity index (χ2v) is 14.7. The Kier molecular flexibility index (Phi) is 41.4. The molecule has 0 aliphatic heterocycles. The lowest BCUT2D eigenvalue weighted by Gasteiger charge is -2.22. The first-order valence-electron chi connectivity index (χ1n) is 22.1. The molecule has 0 aliphatic rings. The fraction of sp³-hybridized carbons (Fsp3) is 0.729. The number of hydrogen-bond acceptors (Lipinski definition) is 3. The molecule has 300 valence electrons. The van der Waals surface area contributed by atoms with Crippen LogP contribution < -0.4 is 5.32 Å². The molecule has 2 atom stereocenters. The van der Waals surface area contributed by atoms with Gasteiger partial charge in [-0.15, -0.1) is 0 Å². The first kappa shape index (κ1) is 49.8. The van der Waals surface area contributed by atoms with Gasteiger partial charge in [0.1, 0.15) is 0 Å². The smallest absolute Gasteiger partial charge is 0.220 e. The van der Waals surface area contributed by atoms with Crippen LogP contribution in [0.2, 0.25) is 0 Å². The molecule has 0 radical (unpaired) electrons. The number of carbonyl (C=O) groups excluding carboxylic acids is 1. The zero-order chi connectivity index (χ0) is 37.8. The molecule has 0 spiro atoms. The summed E-state index contributed by atoms with van der Waals surface area (Å²) in [6.07, 6.45) is 61.2. The van der Waals surface area contributed by atoms with Crippen molar-refractivity contribution in [3.8, 4) is 0 Å². The number of aliphatic hydroxyl groups is 2. The summed E-state index contributed by atoms with van der Waals surface area (Å²) >= 11 is 0. The lowest BCUT2D eigenvalue weighted by Crippen LogP contribution is -2.45. The number of nitrogens with one attached hydrogen (secondary N) is 1. The van der Waals surface area contributed by atoms with Crippen LogP contribution in [-0.4, -0.2) is 34.9 Å². The van der Waals surface area contributed by atoms with Crippen molar-refractivity contribution in [2.75, 3.05) is 6.61 Å². The van der Waals surface area contributed by atoms with E-state index in [0.717, 1.165) is 64.2 Å². The van der Waals surface area contributed by atoms with Crippen LogP contribution in [0.15, 0.2) is 72.9 Å². The van der Waals surface area contributed by atoms with Gasteiger partial charge in [0.2, 0.25) is 5.91 Å². The molecular formula is C48H85NO3. The minimum atomic E-state index is -0.666. The quantitative estimate of drug-likeness (QED) is 0.0437. The maximum absolute atomic E-state index is 12.4. The Bertz CT molecular complexity index is 915. The molecular weight excluding hydrogens is 639 g/mol. The number of carbonyl (C=O) groups is 1. The second-order valence-electron chi connectivity index (χ2n) is 14.7. The fourth-order valence-corrected chi connectivity index (χ4v) is 6.36. The van der Waals surface area contributed by atoms with E-state index in [1.54, 1.807) is 0 Å². The predicted molar refractivity (Wildman–Crippen MR) is 230 cm³/mol. The molecule has 4 nitrogen and oxygen atoms in total. The predicted octanol–water partition coefficient (Wildman–Crippen LogP) is 13.9. The van der Waals surface area contributed by atoms with Crippen molar-refractivity contribution in [2.45, 2.75) is 219 Å². The maximum Gasteiger partial charge on any atom is 0.220 e. The molecule has 4 heteroatoms. The van der Waals surface area contributed by atoms with Crippen LogP contribution in [0.25, 0.3) is 0 Å². The molecule has 1 amide bonds.